The zero-order valence-electron chi connectivity index (χ0n) is 8.11. The minimum absolute atomic E-state index is 0.0780. The molecule has 13 heavy (non-hydrogen) atoms. The fourth-order valence-electron chi connectivity index (χ4n) is 0.542. The maximum atomic E-state index is 11.0. The van der Waals surface area contributed by atoms with E-state index in [1.54, 1.807) is 0 Å². The van der Waals surface area contributed by atoms with E-state index in [1.165, 1.54) is 0 Å². The highest BCUT2D eigenvalue weighted by Gasteiger charge is 2.13. The predicted octanol–water partition coefficient (Wildman–Crippen LogP) is 1.75. The van der Waals surface area contributed by atoms with Crippen LogP contribution in [0.3, 0.4) is 0 Å². The third kappa shape index (κ3) is 9.03. The van der Waals surface area contributed by atoms with Gasteiger partial charge in [0.15, 0.2) is 6.61 Å². The van der Waals surface area contributed by atoms with Crippen LogP contribution < -0.4 is 5.32 Å². The average molecular weight is 204 g/mol. The number of alkyl halides is 1. The molecule has 0 spiro atoms. The van der Waals surface area contributed by atoms with Crippen LogP contribution in [0.5, 0.6) is 0 Å². The standard InChI is InChI=1S/C9H14ClNO2/c1-9(2,3)11-8(12)13-7-5-4-6-10/h6-7H2,1-3H3,(H,11,12). The van der Waals surface area contributed by atoms with Gasteiger partial charge in [-0.2, -0.15) is 0 Å². The lowest BCUT2D eigenvalue weighted by molar-refractivity contribution is 0.151. The fraction of sp³-hybridized carbons (Fsp3) is 0.667. The van der Waals surface area contributed by atoms with Crippen molar-refractivity contribution < 1.29 is 9.53 Å². The lowest BCUT2D eigenvalue weighted by atomic mass is 10.1. The van der Waals surface area contributed by atoms with E-state index < -0.39 is 6.09 Å². The van der Waals surface area contributed by atoms with E-state index in [1.807, 2.05) is 20.8 Å². The molecular formula is C9H14ClNO2. The quantitative estimate of drug-likeness (QED) is 0.521. The van der Waals surface area contributed by atoms with Crippen molar-refractivity contribution in [2.24, 2.45) is 0 Å². The molecule has 74 valence electrons. The van der Waals surface area contributed by atoms with Gasteiger partial charge in [-0.05, 0) is 20.8 Å². The van der Waals surface area contributed by atoms with Crippen molar-refractivity contribution in [1.82, 2.24) is 5.32 Å². The van der Waals surface area contributed by atoms with Crippen molar-refractivity contribution in [3.8, 4) is 11.8 Å². The second kappa shape index (κ2) is 5.71. The number of carbonyl (C=O) groups excluding carboxylic acids is 1. The van der Waals surface area contributed by atoms with Crippen LogP contribution in [0.4, 0.5) is 4.79 Å². The second-order valence-electron chi connectivity index (χ2n) is 3.44. The first-order valence-electron chi connectivity index (χ1n) is 3.92. The number of alkyl carbamates (subject to hydrolysis) is 1. The van der Waals surface area contributed by atoms with Crippen molar-refractivity contribution in [3.05, 3.63) is 0 Å². The molecule has 3 nitrogen and oxygen atoms in total. The second-order valence-corrected chi connectivity index (χ2v) is 3.71. The zero-order chi connectivity index (χ0) is 10.3. The number of rotatable bonds is 1. The molecule has 0 aromatic carbocycles. The van der Waals surface area contributed by atoms with Crippen LogP contribution in [0.1, 0.15) is 20.8 Å². The summed E-state index contributed by atoms with van der Waals surface area (Å²) in [6.45, 7) is 5.70. The number of amides is 1. The molecule has 0 aliphatic rings. The highest BCUT2D eigenvalue weighted by Crippen LogP contribution is 1.98. The van der Waals surface area contributed by atoms with Gasteiger partial charge < -0.3 is 10.1 Å². The predicted molar refractivity (Wildman–Crippen MR) is 52.7 cm³/mol. The molecule has 0 bridgehead atoms. The molecule has 0 aliphatic heterocycles. The molecule has 0 rings (SSSR count). The van der Waals surface area contributed by atoms with E-state index in [0.29, 0.717) is 0 Å². The summed E-state index contributed by atoms with van der Waals surface area (Å²) in [5, 5.41) is 2.63. The van der Waals surface area contributed by atoms with E-state index in [9.17, 15) is 4.79 Å². The Hall–Kier alpha value is -0.880. The van der Waals surface area contributed by atoms with Gasteiger partial charge in [-0.1, -0.05) is 11.8 Å². The Bertz CT molecular complexity index is 222. The van der Waals surface area contributed by atoms with Crippen LogP contribution >= 0.6 is 11.6 Å². The highest BCUT2D eigenvalue weighted by molar-refractivity contribution is 6.19. The molecule has 0 aromatic rings. The zero-order valence-corrected chi connectivity index (χ0v) is 8.86. The summed E-state index contributed by atoms with van der Waals surface area (Å²) in [7, 11) is 0. The monoisotopic (exact) mass is 203 g/mol. The van der Waals surface area contributed by atoms with Crippen molar-refractivity contribution in [2.75, 3.05) is 12.5 Å². The van der Waals surface area contributed by atoms with E-state index >= 15 is 0 Å². The maximum absolute atomic E-state index is 11.0. The summed E-state index contributed by atoms with van der Waals surface area (Å²) in [6.07, 6.45) is -0.462. The molecule has 1 amide bonds. The normalized spacial score (nSPS) is 9.85. The van der Waals surface area contributed by atoms with Gasteiger partial charge in [0.25, 0.3) is 0 Å². The van der Waals surface area contributed by atoms with Crippen molar-refractivity contribution in [1.29, 1.82) is 0 Å². The summed E-state index contributed by atoms with van der Waals surface area (Å²) < 4.78 is 4.74. The van der Waals surface area contributed by atoms with E-state index in [2.05, 4.69) is 17.2 Å². The summed E-state index contributed by atoms with van der Waals surface area (Å²) in [4.78, 5) is 11.0. The van der Waals surface area contributed by atoms with Crippen LogP contribution in [0.15, 0.2) is 0 Å². The van der Waals surface area contributed by atoms with Gasteiger partial charge in [-0.25, -0.2) is 4.79 Å². The number of ether oxygens (including phenoxy) is 1. The SMILES string of the molecule is CC(C)(C)NC(=O)OCC#CCCl. The first-order valence-corrected chi connectivity index (χ1v) is 4.46. The van der Waals surface area contributed by atoms with Crippen LogP contribution in [-0.2, 0) is 4.74 Å². The first-order chi connectivity index (χ1) is 5.95. The van der Waals surface area contributed by atoms with Gasteiger partial charge in [-0.3, -0.25) is 0 Å². The number of hydrogen-bond donors (Lipinski definition) is 1. The number of carbonyl (C=O) groups is 1. The summed E-state index contributed by atoms with van der Waals surface area (Å²) >= 11 is 5.29. The Morgan fingerprint density at radius 3 is 2.54 bits per heavy atom. The lowest BCUT2D eigenvalue weighted by Gasteiger charge is -2.19. The maximum Gasteiger partial charge on any atom is 0.408 e. The van der Waals surface area contributed by atoms with Crippen LogP contribution in [-0.4, -0.2) is 24.1 Å². The number of hydrogen-bond acceptors (Lipinski definition) is 2. The molecule has 4 heteroatoms. The Kier molecular flexibility index (Phi) is 5.33. The highest BCUT2D eigenvalue weighted by atomic mass is 35.5. The fourth-order valence-corrected chi connectivity index (χ4v) is 0.637. The molecule has 0 heterocycles. The van der Waals surface area contributed by atoms with Crippen molar-refractivity contribution in [2.45, 2.75) is 26.3 Å². The van der Waals surface area contributed by atoms with Gasteiger partial charge in [0, 0.05) is 5.54 Å². The largest absolute Gasteiger partial charge is 0.436 e. The van der Waals surface area contributed by atoms with Crippen LogP contribution in [0.25, 0.3) is 0 Å². The summed E-state index contributed by atoms with van der Waals surface area (Å²) in [6, 6.07) is 0. The molecule has 0 aromatic heterocycles. The molecule has 0 unspecified atom stereocenters. The van der Waals surface area contributed by atoms with Gasteiger partial charge in [0.05, 0.1) is 5.88 Å². The third-order valence-corrected chi connectivity index (χ3v) is 1.08. The minimum atomic E-state index is -0.462. The molecular weight excluding hydrogens is 190 g/mol. The van der Waals surface area contributed by atoms with Gasteiger partial charge >= 0.3 is 6.09 Å². The van der Waals surface area contributed by atoms with Gasteiger partial charge in [0.2, 0.25) is 0 Å². The molecule has 0 radical (unpaired) electrons. The van der Waals surface area contributed by atoms with E-state index in [0.717, 1.165) is 0 Å². The molecule has 0 atom stereocenters. The Morgan fingerprint density at radius 1 is 1.46 bits per heavy atom. The first kappa shape index (κ1) is 12.1. The molecule has 0 saturated carbocycles. The van der Waals surface area contributed by atoms with E-state index in [4.69, 9.17) is 16.3 Å². The van der Waals surface area contributed by atoms with Gasteiger partial charge in [0.1, 0.15) is 0 Å². The Balaban J connectivity index is 3.64. The Labute approximate surface area is 83.8 Å². The van der Waals surface area contributed by atoms with E-state index in [-0.39, 0.29) is 18.0 Å². The molecule has 0 fully saturated rings. The van der Waals surface area contributed by atoms with Crippen molar-refractivity contribution in [3.63, 3.8) is 0 Å². The van der Waals surface area contributed by atoms with Crippen molar-refractivity contribution >= 4 is 17.7 Å². The topological polar surface area (TPSA) is 38.3 Å². The molecule has 1 N–H and O–H groups in total. The summed E-state index contributed by atoms with van der Waals surface area (Å²) in [5.74, 6) is 5.42. The summed E-state index contributed by atoms with van der Waals surface area (Å²) in [5.41, 5.74) is -0.281. The number of halogens is 1. The van der Waals surface area contributed by atoms with Gasteiger partial charge in [-0.15, -0.1) is 11.6 Å². The molecule has 0 aliphatic carbocycles. The molecule has 0 saturated heterocycles. The Morgan fingerprint density at radius 2 is 2.08 bits per heavy atom. The average Bonchev–Trinajstić information content (AvgIpc) is 1.94. The smallest absolute Gasteiger partial charge is 0.408 e. The number of nitrogens with one attached hydrogen (secondary N) is 1. The minimum Gasteiger partial charge on any atom is -0.436 e. The lowest BCUT2D eigenvalue weighted by Crippen LogP contribution is -2.40. The third-order valence-electron chi connectivity index (χ3n) is 0.944. The van der Waals surface area contributed by atoms with Crippen LogP contribution in [0.2, 0.25) is 0 Å². The van der Waals surface area contributed by atoms with Crippen LogP contribution in [0, 0.1) is 11.8 Å².